The number of rotatable bonds is 9. The van der Waals surface area contributed by atoms with Crippen molar-refractivity contribution in [3.05, 3.63) is 42.1 Å². The second-order valence-corrected chi connectivity index (χ2v) is 10.3. The zero-order valence-electron chi connectivity index (χ0n) is 21.4. The first kappa shape index (κ1) is 27.4. The Bertz CT molecular complexity index is 1110. The molecule has 0 saturated carbocycles. The van der Waals surface area contributed by atoms with Crippen LogP contribution in [0, 0.1) is 0 Å². The van der Waals surface area contributed by atoms with Gasteiger partial charge in [-0.2, -0.15) is 0 Å². The predicted octanol–water partition coefficient (Wildman–Crippen LogP) is 2.72. The van der Waals surface area contributed by atoms with Crippen LogP contribution in [0.3, 0.4) is 0 Å². The second-order valence-electron chi connectivity index (χ2n) is 9.26. The molecule has 0 spiro atoms. The van der Waals surface area contributed by atoms with Gasteiger partial charge in [-0.25, -0.2) is 15.0 Å². The molecule has 36 heavy (non-hydrogen) atoms. The van der Waals surface area contributed by atoms with Gasteiger partial charge in [0, 0.05) is 60.5 Å². The number of hydrogen-bond donors (Lipinski definition) is 4. The molecule has 1 fully saturated rings. The average molecular weight is 513 g/mol. The smallest absolute Gasteiger partial charge is 0.224 e. The molecule has 1 aliphatic rings. The highest BCUT2D eigenvalue weighted by atomic mass is 32.2. The Morgan fingerprint density at radius 1 is 1.19 bits per heavy atom. The lowest BCUT2D eigenvalue weighted by Gasteiger charge is -2.43. The molecule has 1 aromatic carbocycles. The molecule has 0 aliphatic carbocycles. The molecule has 2 heterocycles. The van der Waals surface area contributed by atoms with Crippen molar-refractivity contribution >= 4 is 40.8 Å². The minimum absolute atomic E-state index is 0.0317. The second kappa shape index (κ2) is 12.2. The molecule has 1 amide bonds. The molecule has 1 aromatic heterocycles. The van der Waals surface area contributed by atoms with Crippen molar-refractivity contribution in [1.82, 2.24) is 14.9 Å². The summed E-state index contributed by atoms with van der Waals surface area (Å²) in [5.41, 5.74) is 12.8. The maximum atomic E-state index is 11.6. The van der Waals surface area contributed by atoms with E-state index in [2.05, 4.69) is 25.1 Å². The number of nitrogens with one attached hydrogen (secondary N) is 1. The lowest BCUT2D eigenvalue weighted by Crippen LogP contribution is -2.56. The van der Waals surface area contributed by atoms with Gasteiger partial charge in [-0.3, -0.25) is 9.69 Å². The van der Waals surface area contributed by atoms with Crippen molar-refractivity contribution in [1.29, 1.82) is 0 Å². The molecule has 10 nitrogen and oxygen atoms in total. The number of piperazine rings is 1. The Hall–Kier alpha value is -3.15. The van der Waals surface area contributed by atoms with Crippen molar-refractivity contribution in [2.75, 3.05) is 43.0 Å². The van der Waals surface area contributed by atoms with Crippen LogP contribution in [0.4, 0.5) is 17.3 Å². The minimum Gasteiger partial charge on any atom is -0.402 e. The number of benzene rings is 1. The van der Waals surface area contributed by atoms with E-state index in [0.29, 0.717) is 23.1 Å². The highest BCUT2D eigenvalue weighted by Crippen LogP contribution is 2.30. The molecule has 2 aromatic rings. The van der Waals surface area contributed by atoms with Crippen molar-refractivity contribution in [3.8, 4) is 0 Å². The van der Waals surface area contributed by atoms with Crippen LogP contribution in [0.5, 0.6) is 0 Å². The molecule has 6 N–H and O–H groups in total. The fourth-order valence-electron chi connectivity index (χ4n) is 3.67. The van der Waals surface area contributed by atoms with Crippen LogP contribution in [0.25, 0.3) is 0 Å². The number of nitrogens with two attached hydrogens (primary N) is 2. The number of aliphatic hydroxyl groups excluding tert-OH is 1. The zero-order chi connectivity index (χ0) is 26.3. The first-order chi connectivity index (χ1) is 17.1. The van der Waals surface area contributed by atoms with Gasteiger partial charge in [0.15, 0.2) is 11.0 Å². The van der Waals surface area contributed by atoms with E-state index >= 15 is 0 Å². The molecule has 0 radical (unpaired) electrons. The van der Waals surface area contributed by atoms with Crippen molar-refractivity contribution in [2.24, 2.45) is 16.5 Å². The molecular weight excluding hydrogens is 476 g/mol. The third-order valence-corrected chi connectivity index (χ3v) is 6.69. The topological polar surface area (TPSA) is 146 Å². The number of amides is 1. The summed E-state index contributed by atoms with van der Waals surface area (Å²) in [4.78, 5) is 30.9. The van der Waals surface area contributed by atoms with Crippen LogP contribution in [0.15, 0.2) is 57.1 Å². The summed E-state index contributed by atoms with van der Waals surface area (Å²) < 4.78 is 0. The van der Waals surface area contributed by atoms with E-state index in [0.717, 1.165) is 42.6 Å². The number of hydrogen-bond acceptors (Lipinski definition) is 9. The summed E-state index contributed by atoms with van der Waals surface area (Å²) in [5, 5.41) is 13.1. The number of carbonyl (C=O) groups is 1. The Balaban J connectivity index is 1.85. The van der Waals surface area contributed by atoms with Gasteiger partial charge in [0.25, 0.3) is 0 Å². The van der Waals surface area contributed by atoms with Gasteiger partial charge in [0.2, 0.25) is 5.91 Å². The summed E-state index contributed by atoms with van der Waals surface area (Å²) in [7, 11) is 0. The highest BCUT2D eigenvalue weighted by molar-refractivity contribution is 7.99. The Morgan fingerprint density at radius 3 is 2.44 bits per heavy atom. The normalized spacial score (nSPS) is 15.8. The molecule has 3 rings (SSSR count). The fraction of sp³-hybridized carbons (Fsp3) is 0.440. The van der Waals surface area contributed by atoms with Crippen molar-refractivity contribution in [3.63, 3.8) is 0 Å². The largest absolute Gasteiger partial charge is 0.402 e. The van der Waals surface area contributed by atoms with Crippen LogP contribution >= 0.6 is 11.8 Å². The van der Waals surface area contributed by atoms with Crippen molar-refractivity contribution in [2.45, 2.75) is 49.7 Å². The van der Waals surface area contributed by atoms with Gasteiger partial charge in [0.1, 0.15) is 11.7 Å². The number of amidine groups is 1. The lowest BCUT2D eigenvalue weighted by molar-refractivity contribution is -0.115. The van der Waals surface area contributed by atoms with Gasteiger partial charge in [0.05, 0.1) is 6.61 Å². The van der Waals surface area contributed by atoms with Crippen molar-refractivity contribution < 1.29 is 9.90 Å². The molecule has 194 valence electrons. The molecule has 1 aliphatic heterocycles. The van der Waals surface area contributed by atoms with Crippen LogP contribution in [-0.4, -0.2) is 70.0 Å². The van der Waals surface area contributed by atoms with Gasteiger partial charge < -0.3 is 26.8 Å². The van der Waals surface area contributed by atoms with Gasteiger partial charge in [-0.15, -0.1) is 0 Å². The maximum absolute atomic E-state index is 11.6. The summed E-state index contributed by atoms with van der Waals surface area (Å²) >= 11 is 1.41. The van der Waals surface area contributed by atoms with E-state index in [1.54, 1.807) is 13.0 Å². The molecule has 11 heteroatoms. The van der Waals surface area contributed by atoms with E-state index in [4.69, 9.17) is 16.5 Å². The number of allylic oxidation sites excluding steroid dienone is 1. The number of aliphatic imine (C=N–C) groups is 1. The van der Waals surface area contributed by atoms with E-state index in [-0.39, 0.29) is 23.9 Å². The first-order valence-electron chi connectivity index (χ1n) is 11.9. The third-order valence-electron chi connectivity index (χ3n) is 5.81. The maximum Gasteiger partial charge on any atom is 0.224 e. The quantitative estimate of drug-likeness (QED) is 0.226. The first-order valence-corrected chi connectivity index (χ1v) is 12.8. The standard InChI is InChI=1S/C25H36N8O2S/c1-5-23(35)28-18-6-8-19(9-7-18)36-24-30-21(29-20(27)14-17(2)26)15-22(31-24)32-10-12-33(13-11-32)25(3,4)16-34/h6-9,14-15,34H,5,10-13,16,26H2,1-4H3,(H,28,35)(H2,27,29,30,31). The molecule has 1 saturated heterocycles. The van der Waals surface area contributed by atoms with Crippen LogP contribution in [-0.2, 0) is 4.79 Å². The van der Waals surface area contributed by atoms with Gasteiger partial charge in [-0.05, 0) is 62.9 Å². The molecule has 0 bridgehead atoms. The predicted molar refractivity (Wildman–Crippen MR) is 146 cm³/mol. The summed E-state index contributed by atoms with van der Waals surface area (Å²) in [6.07, 6.45) is 2.02. The summed E-state index contributed by atoms with van der Waals surface area (Å²) in [5.74, 6) is 1.44. The summed E-state index contributed by atoms with van der Waals surface area (Å²) in [6.45, 7) is 10.9. The van der Waals surface area contributed by atoms with Gasteiger partial charge >= 0.3 is 0 Å². The minimum atomic E-state index is -0.266. The third kappa shape index (κ3) is 7.67. The molecule has 0 atom stereocenters. The van der Waals surface area contributed by atoms with Crippen LogP contribution < -0.4 is 21.7 Å². The Kier molecular flexibility index (Phi) is 9.30. The van der Waals surface area contributed by atoms with Crippen LogP contribution in [0.2, 0.25) is 0 Å². The van der Waals surface area contributed by atoms with Crippen LogP contribution in [0.1, 0.15) is 34.1 Å². The van der Waals surface area contributed by atoms with E-state index in [9.17, 15) is 9.90 Å². The highest BCUT2D eigenvalue weighted by Gasteiger charge is 2.30. The zero-order valence-corrected chi connectivity index (χ0v) is 22.2. The van der Waals surface area contributed by atoms with E-state index in [1.165, 1.54) is 11.8 Å². The number of nitrogens with zero attached hydrogens (tertiary/aromatic N) is 5. The number of aliphatic hydroxyl groups is 1. The average Bonchev–Trinajstić information content (AvgIpc) is 2.84. The molecular formula is C25H36N8O2S. The SMILES string of the molecule is CCC(=O)Nc1ccc(Sc2nc(N=C(N)C=C(C)N)cc(N3CCN(C(C)(C)CO)CC3)n2)cc1. The summed E-state index contributed by atoms with van der Waals surface area (Å²) in [6, 6.07) is 9.37. The number of anilines is 2. The monoisotopic (exact) mass is 512 g/mol. The molecule has 0 unspecified atom stereocenters. The lowest BCUT2D eigenvalue weighted by atomic mass is 10.0. The van der Waals surface area contributed by atoms with E-state index < -0.39 is 0 Å². The fourth-order valence-corrected chi connectivity index (χ4v) is 4.43. The Labute approximate surface area is 216 Å². The number of carbonyl (C=O) groups excluding carboxylic acids is 1. The Morgan fingerprint density at radius 2 is 1.86 bits per heavy atom. The number of aromatic nitrogens is 2. The van der Waals surface area contributed by atoms with E-state index in [1.807, 2.05) is 51.1 Å². The van der Waals surface area contributed by atoms with Gasteiger partial charge in [-0.1, -0.05) is 6.92 Å².